The van der Waals surface area contributed by atoms with E-state index in [9.17, 15) is 4.79 Å². The highest BCUT2D eigenvalue weighted by Crippen LogP contribution is 2.33. The molecule has 1 amide bonds. The molecule has 2 aromatic carbocycles. The van der Waals surface area contributed by atoms with Crippen LogP contribution in [-0.4, -0.2) is 37.3 Å². The maximum atomic E-state index is 13.3. The lowest BCUT2D eigenvalue weighted by atomic mass is 10.1. The van der Waals surface area contributed by atoms with E-state index in [1.165, 1.54) is 0 Å². The number of benzene rings is 2. The molecule has 4 aromatic rings. The average Bonchev–Trinajstić information content (AvgIpc) is 3.34. The molecule has 0 bridgehead atoms. The van der Waals surface area contributed by atoms with E-state index >= 15 is 0 Å². The number of hydrogen-bond acceptors (Lipinski definition) is 4. The van der Waals surface area contributed by atoms with Gasteiger partial charge in [0.1, 0.15) is 5.82 Å². The van der Waals surface area contributed by atoms with Gasteiger partial charge in [-0.25, -0.2) is 15.0 Å². The standard InChI is InChI=1S/C22H21N5O/c1-13-14(2)24-19-12-15(9-10-18(19)23-13)22(28)27-11-5-8-20(27)21-25-16-6-3-4-7-17(16)26-21/h3-4,6-7,9-10,12,20H,5,8,11H2,1-2H3,(H,25,26)/t20-/m0/s1. The van der Waals surface area contributed by atoms with Gasteiger partial charge in [-0.3, -0.25) is 4.79 Å². The first-order valence-electron chi connectivity index (χ1n) is 9.61. The molecule has 1 saturated heterocycles. The summed E-state index contributed by atoms with van der Waals surface area (Å²) in [5.74, 6) is 0.879. The zero-order valence-electron chi connectivity index (χ0n) is 15.9. The molecule has 1 atom stereocenters. The number of H-pyrrole nitrogens is 1. The SMILES string of the molecule is Cc1nc2ccc(C(=O)N3CCC[C@H]3c3nc4ccccc4[nH]3)cc2nc1C. The number of aromatic amines is 1. The summed E-state index contributed by atoms with van der Waals surface area (Å²) in [4.78, 5) is 32.5. The smallest absolute Gasteiger partial charge is 0.254 e. The van der Waals surface area contributed by atoms with E-state index in [-0.39, 0.29) is 11.9 Å². The molecule has 3 heterocycles. The van der Waals surface area contributed by atoms with Crippen LogP contribution in [0.2, 0.25) is 0 Å². The van der Waals surface area contributed by atoms with Crippen molar-refractivity contribution < 1.29 is 4.79 Å². The van der Waals surface area contributed by atoms with Crippen molar-refractivity contribution in [3.05, 3.63) is 65.2 Å². The molecule has 6 heteroatoms. The predicted octanol–water partition coefficient (Wildman–Crippen LogP) is 4.10. The largest absolute Gasteiger partial charge is 0.340 e. The number of hydrogen-bond donors (Lipinski definition) is 1. The van der Waals surface area contributed by atoms with Gasteiger partial charge in [0.25, 0.3) is 5.91 Å². The molecule has 0 saturated carbocycles. The number of carbonyl (C=O) groups is 1. The summed E-state index contributed by atoms with van der Waals surface area (Å²) in [6.07, 6.45) is 1.89. The van der Waals surface area contributed by atoms with Crippen LogP contribution < -0.4 is 0 Å². The Morgan fingerprint density at radius 2 is 1.79 bits per heavy atom. The molecule has 2 aromatic heterocycles. The molecular weight excluding hydrogens is 350 g/mol. The molecular formula is C22H21N5O. The van der Waals surface area contributed by atoms with Crippen molar-refractivity contribution >= 4 is 28.0 Å². The highest BCUT2D eigenvalue weighted by Gasteiger charge is 2.32. The van der Waals surface area contributed by atoms with Crippen molar-refractivity contribution in [2.45, 2.75) is 32.7 Å². The van der Waals surface area contributed by atoms with Gasteiger partial charge in [0.2, 0.25) is 0 Å². The second-order valence-electron chi connectivity index (χ2n) is 7.39. The van der Waals surface area contributed by atoms with Crippen LogP contribution in [0.1, 0.15) is 46.5 Å². The Labute approximate surface area is 162 Å². The fraction of sp³-hybridized carbons (Fsp3) is 0.273. The van der Waals surface area contributed by atoms with Gasteiger partial charge in [0.15, 0.2) is 0 Å². The van der Waals surface area contributed by atoms with E-state index in [1.54, 1.807) is 0 Å². The molecule has 140 valence electrons. The van der Waals surface area contributed by atoms with Gasteiger partial charge in [-0.2, -0.15) is 0 Å². The minimum atomic E-state index is -0.0264. The van der Waals surface area contributed by atoms with Gasteiger partial charge < -0.3 is 9.88 Å². The Balaban J connectivity index is 1.49. The lowest BCUT2D eigenvalue weighted by molar-refractivity contribution is 0.0730. The average molecular weight is 371 g/mol. The number of rotatable bonds is 2. The van der Waals surface area contributed by atoms with E-state index in [0.29, 0.717) is 5.56 Å². The van der Waals surface area contributed by atoms with Crippen LogP contribution in [0.3, 0.4) is 0 Å². The van der Waals surface area contributed by atoms with E-state index in [1.807, 2.05) is 61.2 Å². The lowest BCUT2D eigenvalue weighted by Gasteiger charge is -2.23. The molecule has 5 rings (SSSR count). The van der Waals surface area contributed by atoms with Crippen LogP contribution in [0.15, 0.2) is 42.5 Å². The van der Waals surface area contributed by atoms with Crippen molar-refractivity contribution in [3.8, 4) is 0 Å². The summed E-state index contributed by atoms with van der Waals surface area (Å²) < 4.78 is 0. The second-order valence-corrected chi connectivity index (χ2v) is 7.39. The first kappa shape index (κ1) is 16.9. The monoisotopic (exact) mass is 371 g/mol. The Hall–Kier alpha value is -3.28. The van der Waals surface area contributed by atoms with Crippen molar-refractivity contribution in [1.29, 1.82) is 0 Å². The number of aryl methyl sites for hydroxylation is 2. The molecule has 1 N–H and O–H groups in total. The summed E-state index contributed by atoms with van der Waals surface area (Å²) in [5, 5.41) is 0. The van der Waals surface area contributed by atoms with E-state index in [2.05, 4.69) is 15.0 Å². The predicted molar refractivity (Wildman–Crippen MR) is 108 cm³/mol. The molecule has 1 fully saturated rings. The van der Waals surface area contributed by atoms with Crippen LogP contribution >= 0.6 is 0 Å². The first-order chi connectivity index (χ1) is 13.6. The summed E-state index contributed by atoms with van der Waals surface area (Å²) in [7, 11) is 0. The summed E-state index contributed by atoms with van der Waals surface area (Å²) in [5.41, 5.74) is 5.96. The fourth-order valence-corrected chi connectivity index (χ4v) is 3.95. The third-order valence-corrected chi connectivity index (χ3v) is 5.56. The van der Waals surface area contributed by atoms with Crippen molar-refractivity contribution in [1.82, 2.24) is 24.8 Å². The maximum Gasteiger partial charge on any atom is 0.254 e. The van der Waals surface area contributed by atoms with Gasteiger partial charge >= 0.3 is 0 Å². The van der Waals surface area contributed by atoms with Crippen molar-refractivity contribution in [2.75, 3.05) is 6.54 Å². The molecule has 0 radical (unpaired) electrons. The summed E-state index contributed by atoms with van der Waals surface area (Å²) >= 11 is 0. The number of nitrogens with one attached hydrogen (secondary N) is 1. The zero-order valence-corrected chi connectivity index (χ0v) is 15.9. The molecule has 1 aliphatic heterocycles. The minimum Gasteiger partial charge on any atom is -0.340 e. The van der Waals surface area contributed by atoms with Gasteiger partial charge in [-0.05, 0) is 57.0 Å². The van der Waals surface area contributed by atoms with Gasteiger partial charge in [-0.15, -0.1) is 0 Å². The highest BCUT2D eigenvalue weighted by atomic mass is 16.2. The number of aromatic nitrogens is 4. The third kappa shape index (κ3) is 2.72. The first-order valence-corrected chi connectivity index (χ1v) is 9.61. The van der Waals surface area contributed by atoms with E-state index < -0.39 is 0 Å². The number of fused-ring (bicyclic) bond motifs is 2. The Kier molecular flexibility index (Phi) is 3.86. The van der Waals surface area contributed by atoms with Gasteiger partial charge in [0, 0.05) is 12.1 Å². The minimum absolute atomic E-state index is 0.0184. The van der Waals surface area contributed by atoms with Crippen LogP contribution in [0, 0.1) is 13.8 Å². The lowest BCUT2D eigenvalue weighted by Crippen LogP contribution is -2.31. The molecule has 0 aliphatic carbocycles. The van der Waals surface area contributed by atoms with Crippen LogP contribution in [0.5, 0.6) is 0 Å². The summed E-state index contributed by atoms with van der Waals surface area (Å²) in [6.45, 7) is 4.62. The second kappa shape index (κ2) is 6.41. The quantitative estimate of drug-likeness (QED) is 0.576. The number of amides is 1. The Bertz CT molecular complexity index is 1180. The number of para-hydroxylation sites is 2. The van der Waals surface area contributed by atoms with Gasteiger partial charge in [0.05, 0.1) is 39.5 Å². The third-order valence-electron chi connectivity index (χ3n) is 5.56. The van der Waals surface area contributed by atoms with Crippen LogP contribution in [0.25, 0.3) is 22.1 Å². The normalized spacial score (nSPS) is 16.9. The van der Waals surface area contributed by atoms with Crippen LogP contribution in [-0.2, 0) is 0 Å². The number of imidazole rings is 1. The summed E-state index contributed by atoms with van der Waals surface area (Å²) in [6, 6.07) is 13.5. The maximum absolute atomic E-state index is 13.3. The number of carbonyl (C=O) groups excluding carboxylic acids is 1. The molecule has 28 heavy (non-hydrogen) atoms. The van der Waals surface area contributed by atoms with Crippen molar-refractivity contribution in [3.63, 3.8) is 0 Å². The number of nitrogens with zero attached hydrogens (tertiary/aromatic N) is 4. The highest BCUT2D eigenvalue weighted by molar-refractivity contribution is 5.97. The molecule has 6 nitrogen and oxygen atoms in total. The molecule has 1 aliphatic rings. The topological polar surface area (TPSA) is 74.8 Å². The van der Waals surface area contributed by atoms with Gasteiger partial charge in [-0.1, -0.05) is 12.1 Å². The Morgan fingerprint density at radius 1 is 1.00 bits per heavy atom. The van der Waals surface area contributed by atoms with E-state index in [0.717, 1.165) is 58.7 Å². The van der Waals surface area contributed by atoms with Crippen LogP contribution in [0.4, 0.5) is 0 Å². The van der Waals surface area contributed by atoms with Crippen molar-refractivity contribution in [2.24, 2.45) is 0 Å². The molecule has 0 unspecified atom stereocenters. The fourth-order valence-electron chi connectivity index (χ4n) is 3.95. The molecule has 0 spiro atoms. The number of likely N-dealkylation sites (tertiary alicyclic amines) is 1. The van der Waals surface area contributed by atoms with E-state index in [4.69, 9.17) is 4.98 Å². The Morgan fingerprint density at radius 3 is 2.61 bits per heavy atom. The zero-order chi connectivity index (χ0) is 19.3.